The molecular weight excluding hydrogens is 373 g/mol. The molecule has 1 fully saturated rings. The minimum atomic E-state index is -0.353. The van der Waals surface area contributed by atoms with E-state index in [0.717, 1.165) is 18.4 Å². The monoisotopic (exact) mass is 395 g/mol. The Labute approximate surface area is 168 Å². The second-order valence-corrected chi connectivity index (χ2v) is 7.18. The second kappa shape index (κ2) is 8.43. The Morgan fingerprint density at radius 3 is 2.76 bits per heavy atom. The molecule has 1 aliphatic carbocycles. The number of hydrogen-bond acceptors (Lipinski definition) is 5. The zero-order valence-electron chi connectivity index (χ0n) is 16.2. The van der Waals surface area contributed by atoms with Gasteiger partial charge < -0.3 is 14.6 Å². The van der Waals surface area contributed by atoms with Gasteiger partial charge in [-0.25, -0.2) is 9.37 Å². The topological polar surface area (TPSA) is 77.3 Å². The zero-order valence-corrected chi connectivity index (χ0v) is 16.2. The predicted molar refractivity (Wildman–Crippen MR) is 105 cm³/mol. The fourth-order valence-electron chi connectivity index (χ4n) is 3.52. The Kier molecular flexibility index (Phi) is 5.55. The van der Waals surface area contributed by atoms with Gasteiger partial charge in [0.2, 0.25) is 5.88 Å². The third kappa shape index (κ3) is 4.45. The molecule has 0 saturated heterocycles. The lowest BCUT2D eigenvalue weighted by molar-refractivity contribution is 0.0949. The summed E-state index contributed by atoms with van der Waals surface area (Å²) in [6, 6.07) is 9.47. The smallest absolute Gasteiger partial charge is 0.257 e. The molecule has 0 spiro atoms. The number of ether oxygens (including phenoxy) is 1. The van der Waals surface area contributed by atoms with Gasteiger partial charge in [-0.1, -0.05) is 5.16 Å². The van der Waals surface area contributed by atoms with Gasteiger partial charge in [-0.15, -0.1) is 0 Å². The molecule has 1 N–H and O–H groups in total. The van der Waals surface area contributed by atoms with Crippen LogP contribution in [-0.4, -0.2) is 22.2 Å². The number of carbonyl (C=O) groups is 1. The normalized spacial score (nSPS) is 14.1. The average molecular weight is 395 g/mol. The van der Waals surface area contributed by atoms with Crippen molar-refractivity contribution < 1.29 is 18.4 Å². The molecule has 0 aliphatic heterocycles. The molecule has 0 radical (unpaired) electrons. The molecule has 7 heteroatoms. The van der Waals surface area contributed by atoms with E-state index in [4.69, 9.17) is 9.26 Å². The molecule has 1 aliphatic rings. The van der Waals surface area contributed by atoms with E-state index < -0.39 is 0 Å². The van der Waals surface area contributed by atoms with Crippen LogP contribution in [0.2, 0.25) is 0 Å². The molecule has 29 heavy (non-hydrogen) atoms. The van der Waals surface area contributed by atoms with Crippen LogP contribution in [0.25, 0.3) is 11.3 Å². The van der Waals surface area contributed by atoms with Crippen LogP contribution in [0.3, 0.4) is 0 Å². The van der Waals surface area contributed by atoms with Crippen LogP contribution in [0.1, 0.15) is 47.4 Å². The molecule has 150 valence electrons. The first kappa shape index (κ1) is 19.1. The molecule has 1 amide bonds. The summed E-state index contributed by atoms with van der Waals surface area (Å²) in [7, 11) is 0. The maximum absolute atomic E-state index is 13.2. The van der Waals surface area contributed by atoms with E-state index in [1.807, 2.05) is 12.1 Å². The van der Waals surface area contributed by atoms with Gasteiger partial charge in [-0.2, -0.15) is 0 Å². The highest BCUT2D eigenvalue weighted by molar-refractivity contribution is 6.00. The van der Waals surface area contributed by atoms with Crippen LogP contribution in [0.4, 0.5) is 4.39 Å². The molecule has 6 nitrogen and oxygen atoms in total. The Morgan fingerprint density at radius 2 is 2.00 bits per heavy atom. The van der Waals surface area contributed by atoms with E-state index in [0.29, 0.717) is 35.0 Å². The third-order valence-corrected chi connectivity index (χ3v) is 5.05. The summed E-state index contributed by atoms with van der Waals surface area (Å²) in [5.74, 6) is 0.324. The highest BCUT2D eigenvalue weighted by Crippen LogP contribution is 2.26. The van der Waals surface area contributed by atoms with Gasteiger partial charge >= 0.3 is 0 Å². The fourth-order valence-corrected chi connectivity index (χ4v) is 3.52. The number of pyridine rings is 1. The number of benzene rings is 1. The van der Waals surface area contributed by atoms with Crippen LogP contribution >= 0.6 is 0 Å². The molecule has 4 rings (SSSR count). The zero-order chi connectivity index (χ0) is 20.2. The van der Waals surface area contributed by atoms with Crippen molar-refractivity contribution in [3.05, 3.63) is 65.3 Å². The molecule has 0 atom stereocenters. The van der Waals surface area contributed by atoms with E-state index in [9.17, 15) is 9.18 Å². The number of carbonyl (C=O) groups excluding carboxylic acids is 1. The standard InChI is InChI=1S/C22H22FN3O3/c1-14-20(21(26-29-14)16-6-8-17(23)9-7-16)22(27)25-13-15-10-11-24-19(12-15)28-18-4-2-3-5-18/h6-12,18H,2-5,13H2,1H3,(H,25,27). The minimum Gasteiger partial charge on any atom is -0.474 e. The maximum atomic E-state index is 13.2. The lowest BCUT2D eigenvalue weighted by Gasteiger charge is -2.13. The first-order valence-electron chi connectivity index (χ1n) is 9.72. The van der Waals surface area contributed by atoms with Crippen LogP contribution in [-0.2, 0) is 6.54 Å². The number of nitrogens with one attached hydrogen (secondary N) is 1. The van der Waals surface area contributed by atoms with Gasteiger partial charge in [-0.05, 0) is 68.5 Å². The Balaban J connectivity index is 1.45. The molecule has 1 saturated carbocycles. The van der Waals surface area contributed by atoms with Crippen molar-refractivity contribution in [2.45, 2.75) is 45.3 Å². The maximum Gasteiger partial charge on any atom is 0.257 e. The van der Waals surface area contributed by atoms with Crippen molar-refractivity contribution in [3.8, 4) is 17.1 Å². The SMILES string of the molecule is Cc1onc(-c2ccc(F)cc2)c1C(=O)NCc1ccnc(OC2CCCC2)c1. The minimum absolute atomic E-state index is 0.227. The number of nitrogens with zero attached hydrogens (tertiary/aromatic N) is 2. The van der Waals surface area contributed by atoms with E-state index in [1.54, 1.807) is 25.3 Å². The Morgan fingerprint density at radius 1 is 1.24 bits per heavy atom. The number of hydrogen-bond donors (Lipinski definition) is 1. The largest absolute Gasteiger partial charge is 0.474 e. The van der Waals surface area contributed by atoms with Gasteiger partial charge in [-0.3, -0.25) is 4.79 Å². The molecule has 3 aromatic rings. The number of rotatable bonds is 6. The molecule has 2 heterocycles. The van der Waals surface area contributed by atoms with E-state index in [2.05, 4.69) is 15.5 Å². The van der Waals surface area contributed by atoms with Gasteiger partial charge in [0.1, 0.15) is 28.9 Å². The number of aryl methyl sites for hydroxylation is 1. The summed E-state index contributed by atoms with van der Waals surface area (Å²) in [6.07, 6.45) is 6.40. The van der Waals surface area contributed by atoms with Crippen LogP contribution in [0.15, 0.2) is 47.1 Å². The van der Waals surface area contributed by atoms with Gasteiger partial charge in [0.05, 0.1) is 0 Å². The first-order chi connectivity index (χ1) is 14.1. The van der Waals surface area contributed by atoms with Crippen LogP contribution in [0.5, 0.6) is 5.88 Å². The lowest BCUT2D eigenvalue weighted by atomic mass is 10.1. The van der Waals surface area contributed by atoms with Crippen molar-refractivity contribution in [2.75, 3.05) is 0 Å². The summed E-state index contributed by atoms with van der Waals surface area (Å²) in [4.78, 5) is 17.1. The lowest BCUT2D eigenvalue weighted by Crippen LogP contribution is -2.23. The quantitative estimate of drug-likeness (QED) is 0.668. The number of aromatic nitrogens is 2. The third-order valence-electron chi connectivity index (χ3n) is 5.05. The predicted octanol–water partition coefficient (Wildman–Crippen LogP) is 4.44. The van der Waals surface area contributed by atoms with E-state index >= 15 is 0 Å². The summed E-state index contributed by atoms with van der Waals surface area (Å²) < 4.78 is 24.3. The number of halogens is 1. The van der Waals surface area contributed by atoms with Crippen molar-refractivity contribution >= 4 is 5.91 Å². The highest BCUT2D eigenvalue weighted by atomic mass is 19.1. The summed E-state index contributed by atoms with van der Waals surface area (Å²) >= 11 is 0. The average Bonchev–Trinajstić information content (AvgIpc) is 3.37. The van der Waals surface area contributed by atoms with Gasteiger partial charge in [0.15, 0.2) is 0 Å². The Bertz CT molecular complexity index is 995. The summed E-state index contributed by atoms with van der Waals surface area (Å²) in [6.45, 7) is 1.99. The van der Waals surface area contributed by atoms with Crippen molar-refractivity contribution in [1.82, 2.24) is 15.5 Å². The number of amides is 1. The van der Waals surface area contributed by atoms with Crippen LogP contribution < -0.4 is 10.1 Å². The fraction of sp³-hybridized carbons (Fsp3) is 0.318. The van der Waals surface area contributed by atoms with Gasteiger partial charge in [0.25, 0.3) is 5.91 Å². The molecule has 1 aromatic carbocycles. The second-order valence-electron chi connectivity index (χ2n) is 7.18. The van der Waals surface area contributed by atoms with E-state index in [-0.39, 0.29) is 17.8 Å². The molecule has 2 aromatic heterocycles. The van der Waals surface area contributed by atoms with Crippen molar-refractivity contribution in [1.29, 1.82) is 0 Å². The Hall–Kier alpha value is -3.22. The molecular formula is C22H22FN3O3. The molecule has 0 bridgehead atoms. The summed E-state index contributed by atoms with van der Waals surface area (Å²) in [5, 5.41) is 6.86. The van der Waals surface area contributed by atoms with E-state index in [1.165, 1.54) is 25.0 Å². The first-order valence-corrected chi connectivity index (χ1v) is 9.72. The van der Waals surface area contributed by atoms with Crippen molar-refractivity contribution in [3.63, 3.8) is 0 Å². The highest BCUT2D eigenvalue weighted by Gasteiger charge is 2.22. The summed E-state index contributed by atoms with van der Waals surface area (Å²) in [5.41, 5.74) is 2.23. The molecule has 0 unspecified atom stereocenters. The van der Waals surface area contributed by atoms with Gasteiger partial charge in [0, 0.05) is 24.4 Å². The van der Waals surface area contributed by atoms with Crippen LogP contribution in [0, 0.1) is 12.7 Å². The van der Waals surface area contributed by atoms with Crippen molar-refractivity contribution in [2.24, 2.45) is 0 Å².